The molecule has 0 aliphatic carbocycles. The van der Waals surface area contributed by atoms with E-state index in [-0.39, 0.29) is 5.91 Å². The van der Waals surface area contributed by atoms with Crippen LogP contribution in [0.25, 0.3) is 0 Å². The molecule has 14 heavy (non-hydrogen) atoms. The van der Waals surface area contributed by atoms with Gasteiger partial charge in [0, 0.05) is 13.5 Å². The zero-order chi connectivity index (χ0) is 11.0. The van der Waals surface area contributed by atoms with Crippen LogP contribution in [0, 0.1) is 0 Å². The van der Waals surface area contributed by atoms with E-state index < -0.39 is 12.0 Å². The van der Waals surface area contributed by atoms with Crippen molar-refractivity contribution in [1.82, 2.24) is 5.32 Å². The average Bonchev–Trinajstić information content (AvgIpc) is 2.09. The maximum Gasteiger partial charge on any atom is 0.326 e. The number of carbonyl (C=O) groups is 2. The molecule has 0 spiro atoms. The molecule has 0 saturated carbocycles. The summed E-state index contributed by atoms with van der Waals surface area (Å²) >= 11 is 0. The van der Waals surface area contributed by atoms with Crippen molar-refractivity contribution >= 4 is 18.6 Å². The van der Waals surface area contributed by atoms with E-state index in [0.717, 1.165) is 12.8 Å². The molecular weight excluding hydrogens is 184 g/mol. The molecule has 0 aromatic rings. The number of unbranched alkanes of at least 4 members (excludes halogenated alkanes) is 1. The van der Waals surface area contributed by atoms with Crippen LogP contribution in [0.5, 0.6) is 0 Å². The Labute approximate surface area is 83.2 Å². The normalized spacial score (nSPS) is 11.8. The van der Waals surface area contributed by atoms with Crippen molar-refractivity contribution in [1.29, 1.82) is 0 Å². The van der Waals surface area contributed by atoms with Crippen LogP contribution in [-0.4, -0.2) is 36.3 Å². The topological polar surface area (TPSA) is 78.8 Å². The Morgan fingerprint density at radius 1 is 1.50 bits per heavy atom. The minimum atomic E-state index is -0.994. The van der Waals surface area contributed by atoms with Gasteiger partial charge < -0.3 is 15.4 Å². The van der Waals surface area contributed by atoms with E-state index in [4.69, 9.17) is 5.11 Å². The third kappa shape index (κ3) is 6.16. The second kappa shape index (κ2) is 7.06. The van der Waals surface area contributed by atoms with Crippen LogP contribution in [-0.2, 0) is 9.59 Å². The summed E-state index contributed by atoms with van der Waals surface area (Å²) in [5, 5.41) is 11.1. The fourth-order valence-corrected chi connectivity index (χ4v) is 1.07. The Morgan fingerprint density at radius 2 is 2.14 bits per heavy atom. The molecule has 2 N–H and O–H groups in total. The minimum Gasteiger partial charge on any atom is -0.480 e. The number of aliphatic imine (C=N–C) groups is 1. The molecule has 0 fully saturated rings. The van der Waals surface area contributed by atoms with Gasteiger partial charge in [-0.05, 0) is 26.0 Å². The number of hydrogen-bond acceptors (Lipinski definition) is 3. The summed E-state index contributed by atoms with van der Waals surface area (Å²) in [6.07, 6.45) is 1.95. The first-order valence-corrected chi connectivity index (χ1v) is 4.50. The highest BCUT2D eigenvalue weighted by Crippen LogP contribution is 2.01. The van der Waals surface area contributed by atoms with Gasteiger partial charge >= 0.3 is 5.97 Å². The Bertz CT molecular complexity index is 216. The molecule has 0 aromatic carbocycles. The van der Waals surface area contributed by atoms with Crippen molar-refractivity contribution in [2.45, 2.75) is 32.2 Å². The zero-order valence-corrected chi connectivity index (χ0v) is 8.32. The van der Waals surface area contributed by atoms with Gasteiger partial charge in [-0.3, -0.25) is 4.79 Å². The smallest absolute Gasteiger partial charge is 0.326 e. The molecule has 0 aromatic heterocycles. The van der Waals surface area contributed by atoms with Crippen molar-refractivity contribution in [3.63, 3.8) is 0 Å². The number of rotatable bonds is 7. The summed E-state index contributed by atoms with van der Waals surface area (Å²) in [5.41, 5.74) is 0. The van der Waals surface area contributed by atoms with Crippen LogP contribution in [0.15, 0.2) is 4.99 Å². The highest BCUT2D eigenvalue weighted by molar-refractivity contribution is 5.81. The Morgan fingerprint density at radius 3 is 2.57 bits per heavy atom. The van der Waals surface area contributed by atoms with Crippen LogP contribution >= 0.6 is 0 Å². The summed E-state index contributed by atoms with van der Waals surface area (Å²) in [4.78, 5) is 24.9. The molecular formula is C9H16N2O3. The average molecular weight is 200 g/mol. The Kier molecular flexibility index (Phi) is 6.36. The molecule has 0 saturated heterocycles. The van der Waals surface area contributed by atoms with Crippen molar-refractivity contribution in [3.8, 4) is 0 Å². The first-order valence-electron chi connectivity index (χ1n) is 4.50. The molecule has 0 heterocycles. The number of carboxylic acids is 1. The molecule has 0 rings (SSSR count). The second-order valence-electron chi connectivity index (χ2n) is 3.03. The number of hydrogen-bond donors (Lipinski definition) is 2. The standard InChI is InChI=1S/C9H16N2O3/c1-7(12)11-8(9(13)14)5-3-4-6-10-2/h8H,2-6H2,1H3,(H,11,12)(H,13,14)/t8-/m1/s1. The first kappa shape index (κ1) is 12.6. The van der Waals surface area contributed by atoms with Crippen molar-refractivity contribution in [2.24, 2.45) is 4.99 Å². The maximum atomic E-state index is 10.6. The zero-order valence-electron chi connectivity index (χ0n) is 8.32. The lowest BCUT2D eigenvalue weighted by molar-refractivity contribution is -0.141. The van der Waals surface area contributed by atoms with E-state index in [1.165, 1.54) is 6.92 Å². The van der Waals surface area contributed by atoms with Crippen molar-refractivity contribution in [2.75, 3.05) is 6.54 Å². The SMILES string of the molecule is C=NCCCC[C@@H](NC(C)=O)C(=O)O. The number of carboxylic acid groups (broad SMARTS) is 1. The lowest BCUT2D eigenvalue weighted by atomic mass is 10.1. The summed E-state index contributed by atoms with van der Waals surface area (Å²) < 4.78 is 0. The van der Waals surface area contributed by atoms with Crippen LogP contribution in [0.1, 0.15) is 26.2 Å². The summed E-state index contributed by atoms with van der Waals surface area (Å²) in [5.74, 6) is -1.31. The fourth-order valence-electron chi connectivity index (χ4n) is 1.07. The van der Waals surface area contributed by atoms with Crippen LogP contribution in [0.2, 0.25) is 0 Å². The van der Waals surface area contributed by atoms with E-state index in [9.17, 15) is 9.59 Å². The minimum absolute atomic E-state index is 0.320. The van der Waals surface area contributed by atoms with Gasteiger partial charge in [-0.2, -0.15) is 0 Å². The number of aliphatic carboxylic acids is 1. The Balaban J connectivity index is 3.79. The molecule has 0 unspecified atom stereocenters. The third-order valence-corrected chi connectivity index (χ3v) is 1.73. The molecule has 0 aliphatic rings. The lowest BCUT2D eigenvalue weighted by Crippen LogP contribution is -2.39. The molecule has 0 bridgehead atoms. The first-order chi connectivity index (χ1) is 6.57. The quantitative estimate of drug-likeness (QED) is 0.462. The van der Waals surface area contributed by atoms with Gasteiger partial charge in [-0.25, -0.2) is 4.79 Å². The maximum absolute atomic E-state index is 10.6. The van der Waals surface area contributed by atoms with Gasteiger partial charge in [0.2, 0.25) is 5.91 Å². The van der Waals surface area contributed by atoms with Crippen molar-refractivity contribution < 1.29 is 14.7 Å². The number of nitrogens with one attached hydrogen (secondary N) is 1. The number of amides is 1. The summed E-state index contributed by atoms with van der Waals surface area (Å²) in [6.45, 7) is 5.26. The van der Waals surface area contributed by atoms with Gasteiger partial charge in [0.25, 0.3) is 0 Å². The van der Waals surface area contributed by atoms with E-state index >= 15 is 0 Å². The van der Waals surface area contributed by atoms with Crippen molar-refractivity contribution in [3.05, 3.63) is 0 Å². The van der Waals surface area contributed by atoms with Crippen LogP contribution in [0.3, 0.4) is 0 Å². The molecule has 80 valence electrons. The van der Waals surface area contributed by atoms with E-state index in [0.29, 0.717) is 13.0 Å². The highest BCUT2D eigenvalue weighted by Gasteiger charge is 2.16. The van der Waals surface area contributed by atoms with Crippen LogP contribution < -0.4 is 5.32 Å². The second-order valence-corrected chi connectivity index (χ2v) is 3.03. The molecule has 0 radical (unpaired) electrons. The summed E-state index contributed by atoms with van der Waals surface area (Å²) in [6, 6.07) is -0.780. The predicted octanol–water partition coefficient (Wildman–Crippen LogP) is 0.447. The largest absolute Gasteiger partial charge is 0.480 e. The molecule has 1 amide bonds. The molecule has 1 atom stereocenters. The monoisotopic (exact) mass is 200 g/mol. The highest BCUT2D eigenvalue weighted by atomic mass is 16.4. The fraction of sp³-hybridized carbons (Fsp3) is 0.667. The molecule has 5 heteroatoms. The number of carbonyl (C=O) groups excluding carboxylic acids is 1. The molecule has 0 aliphatic heterocycles. The predicted molar refractivity (Wildman–Crippen MR) is 53.5 cm³/mol. The van der Waals surface area contributed by atoms with Gasteiger partial charge in [0.1, 0.15) is 6.04 Å². The lowest BCUT2D eigenvalue weighted by Gasteiger charge is -2.12. The van der Waals surface area contributed by atoms with Gasteiger partial charge in [-0.1, -0.05) is 0 Å². The van der Waals surface area contributed by atoms with E-state index in [1.54, 1.807) is 0 Å². The van der Waals surface area contributed by atoms with Gasteiger partial charge in [0.15, 0.2) is 0 Å². The van der Waals surface area contributed by atoms with E-state index in [1.807, 2.05) is 0 Å². The molecule has 5 nitrogen and oxygen atoms in total. The van der Waals surface area contributed by atoms with Gasteiger partial charge in [-0.15, -0.1) is 0 Å². The summed E-state index contributed by atoms with van der Waals surface area (Å²) in [7, 11) is 0. The van der Waals surface area contributed by atoms with E-state index in [2.05, 4.69) is 17.0 Å². The Hall–Kier alpha value is -1.39. The number of nitrogens with zero attached hydrogens (tertiary/aromatic N) is 1. The van der Waals surface area contributed by atoms with Gasteiger partial charge in [0.05, 0.1) is 0 Å². The van der Waals surface area contributed by atoms with Crippen LogP contribution in [0.4, 0.5) is 0 Å². The third-order valence-electron chi connectivity index (χ3n) is 1.73.